The number of urea groups is 1. The zero-order chi connectivity index (χ0) is 15.7. The summed E-state index contributed by atoms with van der Waals surface area (Å²) in [6.07, 6.45) is 1.98. The molecule has 1 heterocycles. The fourth-order valence-corrected chi connectivity index (χ4v) is 2.98. The summed E-state index contributed by atoms with van der Waals surface area (Å²) < 4.78 is 1.07. The summed E-state index contributed by atoms with van der Waals surface area (Å²) in [6.45, 7) is 3.69. The molecule has 1 fully saturated rings. The highest BCUT2D eigenvalue weighted by atomic mass is 32.1. The largest absolute Gasteiger partial charge is 0.374 e. The van der Waals surface area contributed by atoms with E-state index in [1.54, 1.807) is 18.3 Å². The Bertz CT molecular complexity index is 723. The number of carbonyl (C=O) groups excluding carboxylic acids is 2. The normalized spacial score (nSPS) is 15.4. The number of carbonyl (C=O) groups is 2. The molecule has 1 aliphatic carbocycles. The molecule has 6 nitrogen and oxygen atoms in total. The van der Waals surface area contributed by atoms with Crippen molar-refractivity contribution in [2.75, 3.05) is 5.32 Å². The predicted molar refractivity (Wildman–Crippen MR) is 87.1 cm³/mol. The topological polar surface area (TPSA) is 83.1 Å². The fourth-order valence-electron chi connectivity index (χ4n) is 2.11. The molecule has 0 unspecified atom stereocenters. The van der Waals surface area contributed by atoms with Gasteiger partial charge in [-0.25, -0.2) is 9.78 Å². The minimum atomic E-state index is -0.503. The van der Waals surface area contributed by atoms with Crippen LogP contribution in [0.4, 0.5) is 10.5 Å². The van der Waals surface area contributed by atoms with E-state index >= 15 is 0 Å². The van der Waals surface area contributed by atoms with Crippen LogP contribution < -0.4 is 16.0 Å². The van der Waals surface area contributed by atoms with Gasteiger partial charge in [-0.05, 0) is 44.9 Å². The molecule has 1 aromatic carbocycles. The average molecular weight is 318 g/mol. The van der Waals surface area contributed by atoms with Crippen LogP contribution in [-0.4, -0.2) is 29.0 Å². The molecule has 0 saturated heterocycles. The Labute approximate surface area is 132 Å². The second-order valence-corrected chi connectivity index (χ2v) is 6.75. The van der Waals surface area contributed by atoms with Crippen LogP contribution in [0.1, 0.15) is 24.8 Å². The van der Waals surface area contributed by atoms with E-state index in [0.29, 0.717) is 0 Å². The van der Waals surface area contributed by atoms with E-state index in [2.05, 4.69) is 20.9 Å². The third kappa shape index (κ3) is 3.54. The smallest absolute Gasteiger partial charge is 0.321 e. The van der Waals surface area contributed by atoms with E-state index in [0.717, 1.165) is 33.8 Å². The van der Waals surface area contributed by atoms with Crippen molar-refractivity contribution in [1.82, 2.24) is 15.6 Å². The molecule has 3 rings (SSSR count). The van der Waals surface area contributed by atoms with Gasteiger partial charge in [0.25, 0.3) is 0 Å². The molecule has 3 N–H and O–H groups in total. The van der Waals surface area contributed by atoms with Crippen molar-refractivity contribution in [3.8, 4) is 0 Å². The minimum absolute atomic E-state index is 0.230. The average Bonchev–Trinajstić information content (AvgIpc) is 3.17. The summed E-state index contributed by atoms with van der Waals surface area (Å²) in [5.74, 6) is -0.348. The third-order valence-corrected chi connectivity index (χ3v) is 4.35. The van der Waals surface area contributed by atoms with Gasteiger partial charge in [0, 0.05) is 11.7 Å². The molecule has 1 aromatic heterocycles. The highest BCUT2D eigenvalue weighted by molar-refractivity contribution is 7.18. The van der Waals surface area contributed by atoms with Crippen molar-refractivity contribution in [1.29, 1.82) is 0 Å². The van der Waals surface area contributed by atoms with Gasteiger partial charge in [-0.2, -0.15) is 0 Å². The van der Waals surface area contributed by atoms with Gasteiger partial charge in [-0.1, -0.05) is 0 Å². The van der Waals surface area contributed by atoms with Gasteiger partial charge in [-0.3, -0.25) is 10.1 Å². The molecule has 3 amide bonds. The number of rotatable bonds is 4. The number of imide groups is 1. The molecule has 7 heteroatoms. The van der Waals surface area contributed by atoms with Crippen LogP contribution in [0.2, 0.25) is 0 Å². The van der Waals surface area contributed by atoms with E-state index in [-0.39, 0.29) is 11.9 Å². The van der Waals surface area contributed by atoms with Crippen molar-refractivity contribution in [2.24, 2.45) is 0 Å². The predicted octanol–water partition coefficient (Wildman–Crippen LogP) is 2.39. The van der Waals surface area contributed by atoms with E-state index in [1.807, 2.05) is 25.1 Å². The van der Waals surface area contributed by atoms with Crippen molar-refractivity contribution in [3.05, 3.63) is 23.2 Å². The maximum Gasteiger partial charge on any atom is 0.321 e. The summed E-state index contributed by atoms with van der Waals surface area (Å²) in [7, 11) is 0. The van der Waals surface area contributed by atoms with Crippen molar-refractivity contribution >= 4 is 39.2 Å². The van der Waals surface area contributed by atoms with Crippen molar-refractivity contribution in [2.45, 2.75) is 38.8 Å². The fraction of sp³-hybridized carbons (Fsp3) is 0.400. The van der Waals surface area contributed by atoms with Crippen LogP contribution in [0, 0.1) is 6.92 Å². The second kappa shape index (κ2) is 5.92. The molecule has 2 aromatic rings. The van der Waals surface area contributed by atoms with Crippen LogP contribution in [0.3, 0.4) is 0 Å². The van der Waals surface area contributed by atoms with Gasteiger partial charge in [0.05, 0.1) is 15.2 Å². The first-order valence-corrected chi connectivity index (χ1v) is 8.08. The van der Waals surface area contributed by atoms with E-state index in [1.165, 1.54) is 0 Å². The highest BCUT2D eigenvalue weighted by Crippen LogP contribution is 2.25. The highest BCUT2D eigenvalue weighted by Gasteiger charge is 2.24. The van der Waals surface area contributed by atoms with Crippen LogP contribution in [0.25, 0.3) is 10.2 Å². The maximum atomic E-state index is 12.0. The number of amides is 3. The van der Waals surface area contributed by atoms with E-state index in [9.17, 15) is 9.59 Å². The van der Waals surface area contributed by atoms with Gasteiger partial charge < -0.3 is 10.6 Å². The third-order valence-electron chi connectivity index (χ3n) is 3.42. The first-order valence-electron chi connectivity index (χ1n) is 7.26. The Hall–Kier alpha value is -2.15. The SMILES string of the molecule is Cc1nc2ccc(N[C@@H](C)C(=O)NC(=O)NC3CC3)cc2s1. The van der Waals surface area contributed by atoms with Crippen LogP contribution in [0.15, 0.2) is 18.2 Å². The Kier molecular flexibility index (Phi) is 3.98. The summed E-state index contributed by atoms with van der Waals surface area (Å²) >= 11 is 1.61. The molecule has 0 radical (unpaired) electrons. The quantitative estimate of drug-likeness (QED) is 0.808. The Morgan fingerprint density at radius 3 is 2.86 bits per heavy atom. The lowest BCUT2D eigenvalue weighted by molar-refractivity contribution is -0.120. The molecule has 1 aliphatic rings. The molecular formula is C15H18N4O2S. The molecule has 0 bridgehead atoms. The number of hydrogen-bond acceptors (Lipinski definition) is 5. The Morgan fingerprint density at radius 1 is 1.36 bits per heavy atom. The summed E-state index contributed by atoms with van der Waals surface area (Å²) in [6, 6.07) is 5.08. The number of thiazole rings is 1. The van der Waals surface area contributed by atoms with Gasteiger partial charge in [-0.15, -0.1) is 11.3 Å². The lowest BCUT2D eigenvalue weighted by atomic mass is 10.2. The number of aromatic nitrogens is 1. The minimum Gasteiger partial charge on any atom is -0.374 e. The van der Waals surface area contributed by atoms with E-state index in [4.69, 9.17) is 0 Å². The number of anilines is 1. The zero-order valence-corrected chi connectivity index (χ0v) is 13.3. The van der Waals surface area contributed by atoms with Gasteiger partial charge >= 0.3 is 6.03 Å². The van der Waals surface area contributed by atoms with Gasteiger partial charge in [0.1, 0.15) is 6.04 Å². The molecular weight excluding hydrogens is 300 g/mol. The first-order chi connectivity index (χ1) is 10.5. The molecule has 0 spiro atoms. The van der Waals surface area contributed by atoms with Crippen molar-refractivity contribution in [3.63, 3.8) is 0 Å². The number of nitrogens with one attached hydrogen (secondary N) is 3. The Morgan fingerprint density at radius 2 is 2.14 bits per heavy atom. The summed E-state index contributed by atoms with van der Waals surface area (Å²) in [5, 5.41) is 9.19. The first kappa shape index (κ1) is 14.8. The molecule has 0 aliphatic heterocycles. The number of hydrogen-bond donors (Lipinski definition) is 3. The molecule has 116 valence electrons. The Balaban J connectivity index is 1.59. The summed E-state index contributed by atoms with van der Waals surface area (Å²) in [4.78, 5) is 27.9. The lowest BCUT2D eigenvalue weighted by Gasteiger charge is -2.15. The van der Waals surface area contributed by atoms with Gasteiger partial charge in [0.15, 0.2) is 0 Å². The van der Waals surface area contributed by atoms with Crippen LogP contribution >= 0.6 is 11.3 Å². The van der Waals surface area contributed by atoms with Crippen LogP contribution in [-0.2, 0) is 4.79 Å². The number of aryl methyl sites for hydroxylation is 1. The van der Waals surface area contributed by atoms with Crippen molar-refractivity contribution < 1.29 is 9.59 Å². The van der Waals surface area contributed by atoms with Crippen LogP contribution in [0.5, 0.6) is 0 Å². The second-order valence-electron chi connectivity index (χ2n) is 5.52. The summed E-state index contributed by atoms with van der Waals surface area (Å²) in [5.41, 5.74) is 1.79. The van der Waals surface area contributed by atoms with Gasteiger partial charge in [0.2, 0.25) is 5.91 Å². The molecule has 1 saturated carbocycles. The number of benzene rings is 1. The number of fused-ring (bicyclic) bond motifs is 1. The zero-order valence-electron chi connectivity index (χ0n) is 12.5. The monoisotopic (exact) mass is 318 g/mol. The molecule has 22 heavy (non-hydrogen) atoms. The molecule has 1 atom stereocenters. The lowest BCUT2D eigenvalue weighted by Crippen LogP contribution is -2.46. The number of nitrogens with zero attached hydrogens (tertiary/aromatic N) is 1. The maximum absolute atomic E-state index is 12.0. The van der Waals surface area contributed by atoms with E-state index < -0.39 is 12.1 Å². The standard InChI is InChI=1S/C15H18N4O2S/c1-8(14(20)19-15(21)18-10-3-4-10)16-11-5-6-12-13(7-11)22-9(2)17-12/h5-8,10,16H,3-4H2,1-2H3,(H2,18,19,20,21)/t8-/m0/s1.